The minimum absolute atomic E-state index is 0.000711. The number of hydrogen-bond donors (Lipinski definition) is 1. The van der Waals surface area contributed by atoms with Gasteiger partial charge in [-0.3, -0.25) is 38.5 Å². The standard InChI is InChI=1S/C52H84N4O10S/c1-14-34(6)48(42(65-11)30-45(60)55-27-21-24-39(55)50(66-12)36(8)40(57)28-35(7)49(62)37-22-17-15-18-23-37)54(10)51(63)38(32(2)3)29-41(58)47(33(4)5)53(9)44(59)25-19-16-20-26-56-46(61)31-43(67-13)52(56)64/h15,17-18,22-23,32-36,38-39,42-43,47-50,62H,14,16,19-21,24-31H2,1-13H3/t34-,35-,36-,38-,39-,42+,43?,47?,48-,49+,50+/m0/s1. The molecule has 0 aliphatic carbocycles. The lowest BCUT2D eigenvalue weighted by molar-refractivity contribution is -0.149. The third kappa shape index (κ3) is 15.2. The van der Waals surface area contributed by atoms with Crippen LogP contribution in [0.15, 0.2) is 30.3 Å². The van der Waals surface area contributed by atoms with Gasteiger partial charge in [-0.2, -0.15) is 11.8 Å². The maximum atomic E-state index is 14.7. The maximum absolute atomic E-state index is 14.7. The minimum atomic E-state index is -0.792. The van der Waals surface area contributed by atoms with Crippen molar-refractivity contribution in [3.63, 3.8) is 0 Å². The first-order chi connectivity index (χ1) is 31.7. The topological polar surface area (TPSA) is 171 Å². The van der Waals surface area contributed by atoms with E-state index in [0.717, 1.165) is 12.0 Å². The number of thioether (sulfide) groups is 1. The zero-order valence-corrected chi connectivity index (χ0v) is 43.7. The van der Waals surface area contributed by atoms with Crippen LogP contribution in [0.1, 0.15) is 138 Å². The molecule has 3 rings (SSSR count). The first-order valence-corrected chi connectivity index (χ1v) is 26.0. The summed E-state index contributed by atoms with van der Waals surface area (Å²) >= 11 is 1.38. The van der Waals surface area contributed by atoms with Gasteiger partial charge in [-0.05, 0) is 61.2 Å². The van der Waals surface area contributed by atoms with E-state index in [-0.39, 0.29) is 108 Å². The fourth-order valence-electron chi connectivity index (χ4n) is 10.3. The maximum Gasteiger partial charge on any atom is 0.242 e. The molecule has 0 spiro atoms. The number of amides is 5. The van der Waals surface area contributed by atoms with E-state index in [1.165, 1.54) is 21.6 Å². The van der Waals surface area contributed by atoms with Gasteiger partial charge in [0.05, 0.1) is 48.1 Å². The largest absolute Gasteiger partial charge is 0.388 e. The highest BCUT2D eigenvalue weighted by Crippen LogP contribution is 2.33. The van der Waals surface area contributed by atoms with Crippen LogP contribution in [0.4, 0.5) is 0 Å². The van der Waals surface area contributed by atoms with Crippen LogP contribution in [0, 0.1) is 35.5 Å². The summed E-state index contributed by atoms with van der Waals surface area (Å²) < 4.78 is 12.1. The number of methoxy groups -OCH3 is 2. The van der Waals surface area contributed by atoms with Crippen LogP contribution >= 0.6 is 11.8 Å². The number of likely N-dealkylation sites (tertiary alicyclic amines) is 2. The molecular formula is C52H84N4O10S. The van der Waals surface area contributed by atoms with Gasteiger partial charge in [0.25, 0.3) is 0 Å². The number of hydrogen-bond acceptors (Lipinski definition) is 11. The Labute approximate surface area is 406 Å². The Balaban J connectivity index is 1.69. The van der Waals surface area contributed by atoms with Crippen molar-refractivity contribution in [2.75, 3.05) is 47.7 Å². The highest BCUT2D eigenvalue weighted by atomic mass is 32.2. The molecule has 2 unspecified atom stereocenters. The molecule has 1 aromatic rings. The number of ketones is 2. The molecule has 5 amide bonds. The van der Waals surface area contributed by atoms with Crippen LogP contribution in [-0.4, -0.2) is 149 Å². The third-order valence-electron chi connectivity index (χ3n) is 14.6. The Bertz CT molecular complexity index is 1800. The molecule has 1 N–H and O–H groups in total. The molecule has 1 aromatic carbocycles. The van der Waals surface area contributed by atoms with E-state index in [1.807, 2.05) is 92.0 Å². The van der Waals surface area contributed by atoms with Crippen molar-refractivity contribution >= 4 is 52.9 Å². The van der Waals surface area contributed by atoms with Gasteiger partial charge in [-0.15, -0.1) is 0 Å². The Hall–Kier alpha value is -3.66. The van der Waals surface area contributed by atoms with Crippen LogP contribution in [0.25, 0.3) is 0 Å². The number of aliphatic hydroxyl groups is 1. The smallest absolute Gasteiger partial charge is 0.242 e. The first kappa shape index (κ1) is 57.7. The molecule has 67 heavy (non-hydrogen) atoms. The molecule has 2 heterocycles. The zero-order chi connectivity index (χ0) is 50.3. The Morgan fingerprint density at radius 1 is 0.836 bits per heavy atom. The number of rotatable bonds is 29. The average Bonchev–Trinajstić information content (AvgIpc) is 3.90. The number of unbranched alkanes of at least 4 members (excludes halogenated alkanes) is 2. The van der Waals surface area contributed by atoms with Crippen molar-refractivity contribution in [2.45, 2.75) is 168 Å². The number of likely N-dealkylation sites (N-methyl/N-ethyl adjacent to an activating group) is 2. The van der Waals surface area contributed by atoms with Crippen molar-refractivity contribution in [1.82, 2.24) is 19.6 Å². The van der Waals surface area contributed by atoms with Crippen molar-refractivity contribution in [2.24, 2.45) is 35.5 Å². The molecule has 378 valence electrons. The van der Waals surface area contributed by atoms with Crippen LogP contribution in [0.5, 0.6) is 0 Å². The number of nitrogens with zero attached hydrogens (tertiary/aromatic N) is 4. The molecule has 15 heteroatoms. The monoisotopic (exact) mass is 957 g/mol. The lowest BCUT2D eigenvalue weighted by Crippen LogP contribution is -2.54. The molecule has 2 aliphatic rings. The van der Waals surface area contributed by atoms with Crippen molar-refractivity contribution in [3.05, 3.63) is 35.9 Å². The van der Waals surface area contributed by atoms with E-state index < -0.39 is 42.2 Å². The summed E-state index contributed by atoms with van der Waals surface area (Å²) in [4.78, 5) is 102. The number of aliphatic hydroxyl groups excluding tert-OH is 1. The lowest BCUT2D eigenvalue weighted by Gasteiger charge is -2.41. The van der Waals surface area contributed by atoms with Crippen molar-refractivity contribution in [3.8, 4) is 0 Å². The number of carbonyl (C=O) groups is 7. The van der Waals surface area contributed by atoms with Gasteiger partial charge in [0.1, 0.15) is 5.78 Å². The summed E-state index contributed by atoms with van der Waals surface area (Å²) in [5.41, 5.74) is 0.755. The molecule has 0 bridgehead atoms. The predicted octanol–water partition coefficient (Wildman–Crippen LogP) is 7.00. The molecule has 2 saturated heterocycles. The van der Waals surface area contributed by atoms with E-state index in [2.05, 4.69) is 0 Å². The first-order valence-electron chi connectivity index (χ1n) is 24.7. The van der Waals surface area contributed by atoms with E-state index in [1.54, 1.807) is 38.1 Å². The average molecular weight is 957 g/mol. The van der Waals surface area contributed by atoms with Gasteiger partial charge in [0.2, 0.25) is 29.5 Å². The number of benzene rings is 1. The third-order valence-corrected chi connectivity index (χ3v) is 15.6. The van der Waals surface area contributed by atoms with Crippen LogP contribution in [0.2, 0.25) is 0 Å². The fourth-order valence-corrected chi connectivity index (χ4v) is 10.9. The van der Waals surface area contributed by atoms with E-state index in [9.17, 15) is 38.7 Å². The van der Waals surface area contributed by atoms with Crippen molar-refractivity contribution in [1.29, 1.82) is 0 Å². The number of Topliss-reactive ketones (excluding diaryl/α,β-unsaturated/α-hetero) is 2. The highest BCUT2D eigenvalue weighted by Gasteiger charge is 2.44. The summed E-state index contributed by atoms with van der Waals surface area (Å²) in [5, 5.41) is 10.6. The van der Waals surface area contributed by atoms with Crippen LogP contribution in [-0.2, 0) is 43.0 Å². The van der Waals surface area contributed by atoms with Gasteiger partial charge in [0, 0.05) is 78.9 Å². The van der Waals surface area contributed by atoms with Gasteiger partial charge in [-0.25, -0.2) is 0 Å². The van der Waals surface area contributed by atoms with Gasteiger partial charge >= 0.3 is 0 Å². The fraction of sp³-hybridized carbons (Fsp3) is 0.750. The quantitative estimate of drug-likeness (QED) is 0.0648. The molecule has 2 fully saturated rings. The van der Waals surface area contributed by atoms with E-state index in [0.29, 0.717) is 45.2 Å². The summed E-state index contributed by atoms with van der Waals surface area (Å²) in [6.45, 7) is 16.2. The lowest BCUT2D eigenvalue weighted by atomic mass is 9.83. The number of carbonyl (C=O) groups excluding carboxylic acids is 7. The van der Waals surface area contributed by atoms with E-state index in [4.69, 9.17) is 9.47 Å². The summed E-state index contributed by atoms with van der Waals surface area (Å²) in [6, 6.07) is 7.71. The second kappa shape index (κ2) is 27.5. The Morgan fingerprint density at radius 2 is 1.49 bits per heavy atom. The Morgan fingerprint density at radius 3 is 2.04 bits per heavy atom. The number of ether oxygens (including phenoxy) is 2. The molecule has 11 atom stereocenters. The van der Waals surface area contributed by atoms with Gasteiger partial charge in [-0.1, -0.05) is 98.6 Å². The molecule has 0 saturated carbocycles. The number of imide groups is 1. The Kier molecular flexibility index (Phi) is 23.7. The second-order valence-corrected chi connectivity index (χ2v) is 21.0. The summed E-state index contributed by atoms with van der Waals surface area (Å²) in [7, 11) is 6.49. The summed E-state index contributed by atoms with van der Waals surface area (Å²) in [6.07, 6.45) is 4.26. The molecular weight excluding hydrogens is 873 g/mol. The van der Waals surface area contributed by atoms with Gasteiger partial charge in [0.15, 0.2) is 5.78 Å². The minimum Gasteiger partial charge on any atom is -0.388 e. The second-order valence-electron chi connectivity index (χ2n) is 19.9. The molecule has 0 radical (unpaired) electrons. The van der Waals surface area contributed by atoms with Crippen molar-refractivity contribution < 1.29 is 48.1 Å². The predicted molar refractivity (Wildman–Crippen MR) is 263 cm³/mol. The van der Waals surface area contributed by atoms with Crippen LogP contribution in [0.3, 0.4) is 0 Å². The normalized spacial score (nSPS) is 20.6. The zero-order valence-electron chi connectivity index (χ0n) is 42.9. The highest BCUT2D eigenvalue weighted by molar-refractivity contribution is 8.00. The molecule has 14 nitrogen and oxygen atoms in total. The summed E-state index contributed by atoms with van der Waals surface area (Å²) in [5.74, 6) is -3.11. The van der Waals surface area contributed by atoms with Gasteiger partial charge < -0.3 is 29.3 Å². The molecule has 2 aliphatic heterocycles. The van der Waals surface area contributed by atoms with E-state index >= 15 is 0 Å². The van der Waals surface area contributed by atoms with Crippen LogP contribution < -0.4 is 0 Å². The molecule has 0 aromatic heterocycles. The SMILES string of the molecule is CC[C@H](C)[C@@H]([C@@H](CC(=O)N1CCC[C@H]1[C@H](OC)[C@@H](C)C(=O)C[C@H](C)[C@@H](O)c1ccccc1)OC)N(C)C(=O)[C@@H](CC(=O)C(C(C)C)N(C)C(=O)CCCCCN1C(=O)CC(SC)C1=O)C(C)C.